The Balaban J connectivity index is 1.50. The van der Waals surface area contributed by atoms with Gasteiger partial charge in [0.25, 0.3) is 0 Å². The molecule has 3 aromatic rings. The summed E-state index contributed by atoms with van der Waals surface area (Å²) in [5.74, 6) is 1.18. The topological polar surface area (TPSA) is 75.6 Å². The van der Waals surface area contributed by atoms with Gasteiger partial charge in [0.1, 0.15) is 0 Å². The van der Waals surface area contributed by atoms with Crippen LogP contribution < -0.4 is 10.6 Å². The van der Waals surface area contributed by atoms with Gasteiger partial charge in [0.2, 0.25) is 5.95 Å². The van der Waals surface area contributed by atoms with E-state index in [1.165, 1.54) is 5.56 Å². The van der Waals surface area contributed by atoms with Crippen LogP contribution in [0.25, 0.3) is 0 Å². The second kappa shape index (κ2) is 8.21. The number of anilines is 2. The summed E-state index contributed by atoms with van der Waals surface area (Å²) in [5.41, 5.74) is 2.33. The number of benzene rings is 1. The van der Waals surface area contributed by atoms with Crippen molar-refractivity contribution >= 4 is 23.4 Å². The van der Waals surface area contributed by atoms with Gasteiger partial charge in [0.05, 0.1) is 6.20 Å². The summed E-state index contributed by atoms with van der Waals surface area (Å²) in [6.07, 6.45) is 5.98. The van der Waals surface area contributed by atoms with Crippen LogP contribution in [0.5, 0.6) is 0 Å². The summed E-state index contributed by atoms with van der Waals surface area (Å²) in [6, 6.07) is 11.7. The van der Waals surface area contributed by atoms with Crippen molar-refractivity contribution in [1.29, 1.82) is 0 Å². The molecule has 7 heteroatoms. The number of rotatable bonds is 7. The van der Waals surface area contributed by atoms with Crippen LogP contribution in [0.2, 0.25) is 5.02 Å². The number of pyridine rings is 1. The van der Waals surface area contributed by atoms with E-state index in [2.05, 4.69) is 30.8 Å². The number of aromatic nitrogens is 4. The maximum absolute atomic E-state index is 5.88. The van der Waals surface area contributed by atoms with Gasteiger partial charge in [-0.25, -0.2) is 0 Å². The highest BCUT2D eigenvalue weighted by atomic mass is 35.5. The van der Waals surface area contributed by atoms with Crippen LogP contribution in [0, 0.1) is 0 Å². The van der Waals surface area contributed by atoms with Crippen LogP contribution in [-0.4, -0.2) is 26.7 Å². The summed E-state index contributed by atoms with van der Waals surface area (Å²) in [5, 5.41) is 15.1. The number of nitrogens with one attached hydrogen (secondary N) is 2. The van der Waals surface area contributed by atoms with Crippen molar-refractivity contribution < 1.29 is 0 Å². The molecule has 1 aromatic carbocycles. The van der Waals surface area contributed by atoms with E-state index < -0.39 is 0 Å². The first kappa shape index (κ1) is 16.1. The molecule has 0 saturated carbocycles. The molecule has 0 saturated heterocycles. The first-order valence-electron chi connectivity index (χ1n) is 7.60. The monoisotopic (exact) mass is 340 g/mol. The van der Waals surface area contributed by atoms with E-state index in [1.807, 2.05) is 36.4 Å². The minimum atomic E-state index is 0.503. The number of hydrogen-bond donors (Lipinski definition) is 2. The van der Waals surface area contributed by atoms with Crippen molar-refractivity contribution in [2.45, 2.75) is 13.0 Å². The first-order valence-corrected chi connectivity index (χ1v) is 7.98. The Morgan fingerprint density at radius 2 is 1.71 bits per heavy atom. The lowest BCUT2D eigenvalue weighted by Gasteiger charge is -2.08. The molecule has 0 radical (unpaired) electrons. The molecule has 24 heavy (non-hydrogen) atoms. The smallest absolute Gasteiger partial charge is 0.244 e. The van der Waals surface area contributed by atoms with Gasteiger partial charge >= 0.3 is 0 Å². The van der Waals surface area contributed by atoms with Gasteiger partial charge in [0, 0.05) is 30.5 Å². The van der Waals surface area contributed by atoms with Crippen molar-refractivity contribution in [2.75, 3.05) is 17.2 Å². The fourth-order valence-electron chi connectivity index (χ4n) is 2.13. The third kappa shape index (κ3) is 4.89. The van der Waals surface area contributed by atoms with E-state index in [1.54, 1.807) is 18.6 Å². The normalized spacial score (nSPS) is 10.4. The molecule has 2 N–H and O–H groups in total. The van der Waals surface area contributed by atoms with Gasteiger partial charge < -0.3 is 10.6 Å². The Morgan fingerprint density at radius 1 is 0.917 bits per heavy atom. The fourth-order valence-corrected chi connectivity index (χ4v) is 2.25. The Kier molecular flexibility index (Phi) is 5.52. The molecule has 2 aromatic heterocycles. The molecule has 2 heterocycles. The lowest BCUT2D eigenvalue weighted by Crippen LogP contribution is -2.10. The summed E-state index contributed by atoms with van der Waals surface area (Å²) in [6.45, 7) is 1.38. The quantitative estimate of drug-likeness (QED) is 0.688. The molecule has 0 fully saturated rings. The van der Waals surface area contributed by atoms with E-state index in [9.17, 15) is 0 Å². The van der Waals surface area contributed by atoms with E-state index in [0.29, 0.717) is 18.3 Å². The minimum Gasteiger partial charge on any atom is -0.365 e. The molecular weight excluding hydrogens is 324 g/mol. The van der Waals surface area contributed by atoms with Crippen LogP contribution in [0.4, 0.5) is 11.8 Å². The Morgan fingerprint density at radius 3 is 2.50 bits per heavy atom. The summed E-state index contributed by atoms with van der Waals surface area (Å²) >= 11 is 5.88. The van der Waals surface area contributed by atoms with Gasteiger partial charge in [0.15, 0.2) is 5.82 Å². The number of halogens is 1. The van der Waals surface area contributed by atoms with Crippen molar-refractivity contribution in [2.24, 2.45) is 0 Å². The van der Waals surface area contributed by atoms with Gasteiger partial charge in [-0.1, -0.05) is 23.7 Å². The zero-order valence-electron chi connectivity index (χ0n) is 13.0. The average Bonchev–Trinajstić information content (AvgIpc) is 2.63. The summed E-state index contributed by atoms with van der Waals surface area (Å²) < 4.78 is 0. The lowest BCUT2D eigenvalue weighted by atomic mass is 10.1. The van der Waals surface area contributed by atoms with Gasteiger partial charge in [-0.3, -0.25) is 4.98 Å². The second-order valence-electron chi connectivity index (χ2n) is 5.18. The molecule has 0 unspecified atom stereocenters. The number of hydrogen-bond acceptors (Lipinski definition) is 6. The molecule has 3 rings (SSSR count). The van der Waals surface area contributed by atoms with E-state index in [4.69, 9.17) is 11.6 Å². The van der Waals surface area contributed by atoms with Gasteiger partial charge in [-0.2, -0.15) is 10.1 Å². The predicted molar refractivity (Wildman–Crippen MR) is 95.0 cm³/mol. The molecule has 0 spiro atoms. The fraction of sp³-hybridized carbons (Fsp3) is 0.176. The number of nitrogens with zero attached hydrogens (tertiary/aromatic N) is 4. The SMILES string of the molecule is Clc1ccc(CCNc2nncc(NCc3ccncc3)n2)cc1. The maximum Gasteiger partial charge on any atom is 0.244 e. The molecule has 122 valence electrons. The Labute approximate surface area is 145 Å². The molecular formula is C17H17ClN6. The van der Waals surface area contributed by atoms with Crippen LogP contribution in [0.15, 0.2) is 55.0 Å². The molecule has 0 atom stereocenters. The average molecular weight is 341 g/mol. The highest BCUT2D eigenvalue weighted by Crippen LogP contribution is 2.10. The van der Waals surface area contributed by atoms with Crippen LogP contribution >= 0.6 is 11.6 Å². The lowest BCUT2D eigenvalue weighted by molar-refractivity contribution is 0.921. The Hall–Kier alpha value is -2.73. The standard InChI is InChI=1S/C17H17ClN6/c18-15-3-1-13(2-4-15)7-10-20-17-23-16(12-22-24-17)21-11-14-5-8-19-9-6-14/h1-6,8-9,12H,7,10-11H2,(H2,20,21,23,24). The predicted octanol–water partition coefficient (Wildman–Crippen LogP) is 3.19. The highest BCUT2D eigenvalue weighted by molar-refractivity contribution is 6.30. The van der Waals surface area contributed by atoms with Crippen molar-refractivity contribution in [1.82, 2.24) is 20.2 Å². The van der Waals surface area contributed by atoms with E-state index >= 15 is 0 Å². The highest BCUT2D eigenvalue weighted by Gasteiger charge is 2.01. The Bertz CT molecular complexity index is 764. The second-order valence-corrected chi connectivity index (χ2v) is 5.61. The van der Waals surface area contributed by atoms with Crippen LogP contribution in [0.1, 0.15) is 11.1 Å². The summed E-state index contributed by atoms with van der Waals surface area (Å²) in [4.78, 5) is 8.40. The zero-order valence-corrected chi connectivity index (χ0v) is 13.7. The van der Waals surface area contributed by atoms with Crippen LogP contribution in [-0.2, 0) is 13.0 Å². The van der Waals surface area contributed by atoms with E-state index in [-0.39, 0.29) is 0 Å². The minimum absolute atomic E-state index is 0.503. The van der Waals surface area contributed by atoms with Gasteiger partial charge in [-0.05, 0) is 41.8 Å². The van der Waals surface area contributed by atoms with Crippen molar-refractivity contribution in [3.05, 3.63) is 71.1 Å². The first-order chi connectivity index (χ1) is 11.8. The van der Waals surface area contributed by atoms with E-state index in [0.717, 1.165) is 23.6 Å². The molecule has 0 amide bonds. The van der Waals surface area contributed by atoms with Crippen molar-refractivity contribution in [3.63, 3.8) is 0 Å². The molecule has 0 aliphatic heterocycles. The molecule has 0 aliphatic rings. The summed E-state index contributed by atoms with van der Waals surface area (Å²) in [7, 11) is 0. The van der Waals surface area contributed by atoms with Crippen molar-refractivity contribution in [3.8, 4) is 0 Å². The third-order valence-corrected chi connectivity index (χ3v) is 3.64. The third-order valence-electron chi connectivity index (χ3n) is 3.39. The molecule has 6 nitrogen and oxygen atoms in total. The molecule has 0 bridgehead atoms. The van der Waals surface area contributed by atoms with Crippen LogP contribution in [0.3, 0.4) is 0 Å². The molecule has 0 aliphatic carbocycles. The maximum atomic E-state index is 5.88. The zero-order chi connectivity index (χ0) is 16.6. The largest absolute Gasteiger partial charge is 0.365 e. The van der Waals surface area contributed by atoms with Gasteiger partial charge in [-0.15, -0.1) is 5.10 Å².